The fourth-order valence-electron chi connectivity index (χ4n) is 5.88. The van der Waals surface area contributed by atoms with Gasteiger partial charge in [-0.3, -0.25) is 4.79 Å². The zero-order chi connectivity index (χ0) is 27.9. The summed E-state index contributed by atoms with van der Waals surface area (Å²) in [4.78, 5) is 29.0. The topological polar surface area (TPSA) is 76.0 Å². The van der Waals surface area contributed by atoms with Gasteiger partial charge < -0.3 is 28.8 Å². The molecular formula is C29H43ClN4O4Si. The number of aromatic nitrogens is 1. The lowest BCUT2D eigenvalue weighted by Crippen LogP contribution is -2.62. The Kier molecular flexibility index (Phi) is 8.08. The lowest BCUT2D eigenvalue weighted by molar-refractivity contribution is -0.139. The molecule has 2 aromatic rings. The van der Waals surface area contributed by atoms with Gasteiger partial charge in [0.1, 0.15) is 6.61 Å². The largest absolute Gasteiger partial charge is 0.415 e. The first kappa shape index (κ1) is 28.5. The van der Waals surface area contributed by atoms with Crippen molar-refractivity contribution >= 4 is 42.8 Å². The molecule has 214 valence electrons. The molecule has 0 spiro atoms. The van der Waals surface area contributed by atoms with Crippen molar-refractivity contribution in [3.8, 4) is 0 Å². The predicted molar refractivity (Wildman–Crippen MR) is 157 cm³/mol. The molecule has 3 amide bonds. The summed E-state index contributed by atoms with van der Waals surface area (Å²) in [5.41, 5.74) is 2.50. The minimum absolute atomic E-state index is 0.00825. The number of nitrogens with zero attached hydrogens (tertiary/aromatic N) is 3. The van der Waals surface area contributed by atoms with Gasteiger partial charge in [-0.25, -0.2) is 4.79 Å². The molecule has 39 heavy (non-hydrogen) atoms. The van der Waals surface area contributed by atoms with Crippen LogP contribution in [0.25, 0.3) is 10.9 Å². The number of ether oxygens (including phenoxy) is 1. The molecule has 3 aliphatic heterocycles. The van der Waals surface area contributed by atoms with E-state index in [1.165, 1.54) is 16.5 Å². The number of rotatable bonds is 5. The van der Waals surface area contributed by atoms with E-state index in [1.807, 2.05) is 15.9 Å². The SMILES string of the molecule is CC(C)(C)[Si](C)(C)OCCn1cc(C2CCN(C(=O)N3CC[C@@H]4OCC(=O)N[C@H]4C3)CC2)c2cc(Cl)ccc21. The highest BCUT2D eigenvalue weighted by Crippen LogP contribution is 2.38. The summed E-state index contributed by atoms with van der Waals surface area (Å²) in [5.74, 6) is 0.270. The molecule has 1 aromatic heterocycles. The van der Waals surface area contributed by atoms with Crippen molar-refractivity contribution < 1.29 is 18.8 Å². The average Bonchev–Trinajstić information content (AvgIpc) is 3.24. The number of fused-ring (bicyclic) bond motifs is 2. The number of benzene rings is 1. The fraction of sp³-hybridized carbons (Fsp3) is 0.655. The average molecular weight is 575 g/mol. The number of amides is 3. The number of hydrogen-bond donors (Lipinski definition) is 1. The van der Waals surface area contributed by atoms with Gasteiger partial charge in [0.2, 0.25) is 5.91 Å². The standard InChI is InChI=1S/C29H43ClN4O4Si/c1-29(2,3)39(4,5)38-15-14-33-17-23(22-16-21(30)6-7-25(22)33)20-8-11-32(12-9-20)28(36)34-13-10-26-24(18-34)31-27(35)19-37-26/h6-7,16-17,20,24,26H,8-15,18-19H2,1-5H3,(H,31,35)/t24-,26-/m0/s1. The lowest BCUT2D eigenvalue weighted by atomic mass is 9.89. The lowest BCUT2D eigenvalue weighted by Gasteiger charge is -2.43. The van der Waals surface area contributed by atoms with E-state index < -0.39 is 8.32 Å². The van der Waals surface area contributed by atoms with Gasteiger partial charge in [0.25, 0.3) is 0 Å². The van der Waals surface area contributed by atoms with Crippen LogP contribution < -0.4 is 5.32 Å². The van der Waals surface area contributed by atoms with Gasteiger partial charge in [-0.05, 0) is 67.1 Å². The van der Waals surface area contributed by atoms with Gasteiger partial charge in [-0.2, -0.15) is 0 Å². The highest BCUT2D eigenvalue weighted by Gasteiger charge is 2.39. The fourth-order valence-corrected chi connectivity index (χ4v) is 7.08. The normalized spacial score (nSPS) is 23.2. The molecule has 0 aliphatic carbocycles. The number of hydrogen-bond acceptors (Lipinski definition) is 4. The molecule has 5 rings (SSSR count). The molecule has 0 bridgehead atoms. The Balaban J connectivity index is 1.23. The predicted octanol–water partition coefficient (Wildman–Crippen LogP) is 5.21. The van der Waals surface area contributed by atoms with Crippen LogP contribution in [0.1, 0.15) is 51.5 Å². The molecule has 3 aliphatic rings. The summed E-state index contributed by atoms with van der Waals surface area (Å²) in [6.07, 6.45) is 4.88. The van der Waals surface area contributed by atoms with E-state index in [-0.39, 0.29) is 35.7 Å². The minimum atomic E-state index is -1.81. The summed E-state index contributed by atoms with van der Waals surface area (Å²) >= 11 is 6.44. The number of likely N-dealkylation sites (tertiary alicyclic amines) is 2. The minimum Gasteiger partial charge on any atom is -0.415 e. The maximum absolute atomic E-state index is 13.3. The summed E-state index contributed by atoms with van der Waals surface area (Å²) in [6.45, 7) is 15.6. The molecular weight excluding hydrogens is 532 g/mol. The number of halogens is 1. The first-order chi connectivity index (χ1) is 18.4. The summed E-state index contributed by atoms with van der Waals surface area (Å²) in [6, 6.07) is 6.12. The van der Waals surface area contributed by atoms with Gasteiger partial charge in [-0.15, -0.1) is 0 Å². The van der Waals surface area contributed by atoms with Crippen molar-refractivity contribution in [1.29, 1.82) is 0 Å². The van der Waals surface area contributed by atoms with E-state index in [1.54, 1.807) is 0 Å². The Bertz CT molecular complexity index is 1220. The van der Waals surface area contributed by atoms with Crippen LogP contribution in [-0.2, 0) is 20.5 Å². The molecule has 3 saturated heterocycles. The van der Waals surface area contributed by atoms with E-state index in [0.29, 0.717) is 25.6 Å². The molecule has 0 saturated carbocycles. The number of piperidine rings is 2. The van der Waals surface area contributed by atoms with Crippen LogP contribution in [0, 0.1) is 0 Å². The van der Waals surface area contributed by atoms with Crippen molar-refractivity contribution in [2.75, 3.05) is 39.4 Å². The third kappa shape index (κ3) is 6.01. The van der Waals surface area contributed by atoms with Crippen molar-refractivity contribution in [2.45, 2.75) is 82.8 Å². The van der Waals surface area contributed by atoms with Crippen LogP contribution >= 0.6 is 11.6 Å². The van der Waals surface area contributed by atoms with Crippen LogP contribution in [0.5, 0.6) is 0 Å². The van der Waals surface area contributed by atoms with Crippen LogP contribution in [0.3, 0.4) is 0 Å². The van der Waals surface area contributed by atoms with Crippen LogP contribution in [0.2, 0.25) is 23.2 Å². The zero-order valence-corrected chi connectivity index (χ0v) is 25.7. The molecule has 0 unspecified atom stereocenters. The highest BCUT2D eigenvalue weighted by atomic mass is 35.5. The monoisotopic (exact) mass is 574 g/mol. The maximum Gasteiger partial charge on any atom is 0.320 e. The third-order valence-corrected chi connectivity index (χ3v) is 14.0. The summed E-state index contributed by atoms with van der Waals surface area (Å²) < 4.78 is 14.4. The van der Waals surface area contributed by atoms with Crippen LogP contribution in [0.15, 0.2) is 24.4 Å². The molecule has 2 atom stereocenters. The number of nitrogens with one attached hydrogen (secondary N) is 1. The number of morpholine rings is 1. The second-order valence-corrected chi connectivity index (χ2v) is 18.1. The molecule has 8 nitrogen and oxygen atoms in total. The Hall–Kier alpha value is -2.07. The van der Waals surface area contributed by atoms with E-state index in [4.69, 9.17) is 20.8 Å². The summed E-state index contributed by atoms with van der Waals surface area (Å²) in [7, 11) is -1.81. The number of urea groups is 1. The van der Waals surface area contributed by atoms with Gasteiger partial charge in [0, 0.05) is 54.8 Å². The molecule has 3 fully saturated rings. The first-order valence-electron chi connectivity index (χ1n) is 14.3. The second kappa shape index (κ2) is 11.1. The molecule has 4 heterocycles. The number of carbonyl (C=O) groups excluding carboxylic acids is 2. The smallest absolute Gasteiger partial charge is 0.320 e. The Morgan fingerprint density at radius 3 is 2.59 bits per heavy atom. The van der Waals surface area contributed by atoms with Crippen LogP contribution in [0.4, 0.5) is 4.79 Å². The Morgan fingerprint density at radius 1 is 1.15 bits per heavy atom. The third-order valence-electron chi connectivity index (χ3n) is 9.28. The van der Waals surface area contributed by atoms with E-state index in [0.717, 1.165) is 43.9 Å². The zero-order valence-electron chi connectivity index (χ0n) is 24.0. The summed E-state index contributed by atoms with van der Waals surface area (Å²) in [5, 5.41) is 5.12. The molecule has 1 N–H and O–H groups in total. The molecule has 1 aromatic carbocycles. The van der Waals surface area contributed by atoms with Crippen molar-refractivity contribution in [3.63, 3.8) is 0 Å². The van der Waals surface area contributed by atoms with Gasteiger partial charge in [0.05, 0.1) is 18.8 Å². The van der Waals surface area contributed by atoms with E-state index in [9.17, 15) is 9.59 Å². The van der Waals surface area contributed by atoms with Crippen molar-refractivity contribution in [1.82, 2.24) is 19.7 Å². The second-order valence-electron chi connectivity index (χ2n) is 12.9. The molecule has 10 heteroatoms. The van der Waals surface area contributed by atoms with Crippen molar-refractivity contribution in [2.24, 2.45) is 0 Å². The van der Waals surface area contributed by atoms with Crippen molar-refractivity contribution in [3.05, 3.63) is 35.0 Å². The van der Waals surface area contributed by atoms with Gasteiger partial charge in [-0.1, -0.05) is 32.4 Å². The Labute approximate surface area is 238 Å². The van der Waals surface area contributed by atoms with E-state index in [2.05, 4.69) is 62.1 Å². The molecule has 0 radical (unpaired) electrons. The number of carbonyl (C=O) groups is 2. The van der Waals surface area contributed by atoms with Crippen LogP contribution in [-0.4, -0.2) is 86.2 Å². The highest BCUT2D eigenvalue weighted by molar-refractivity contribution is 6.74. The van der Waals surface area contributed by atoms with Gasteiger partial charge >= 0.3 is 6.03 Å². The first-order valence-corrected chi connectivity index (χ1v) is 17.6. The van der Waals surface area contributed by atoms with E-state index >= 15 is 0 Å². The Morgan fingerprint density at radius 2 is 1.87 bits per heavy atom. The maximum atomic E-state index is 13.3. The van der Waals surface area contributed by atoms with Gasteiger partial charge in [0.15, 0.2) is 8.32 Å². The quantitative estimate of drug-likeness (QED) is 0.498.